The minimum absolute atomic E-state index is 0.0893. The summed E-state index contributed by atoms with van der Waals surface area (Å²) in [4.78, 5) is 22.8. The van der Waals surface area contributed by atoms with Gasteiger partial charge in [-0.1, -0.05) is 51.0 Å². The van der Waals surface area contributed by atoms with E-state index in [-0.39, 0.29) is 24.8 Å². The van der Waals surface area contributed by atoms with Crippen molar-refractivity contribution < 1.29 is 19.1 Å². The molecule has 128 valence electrons. The van der Waals surface area contributed by atoms with E-state index in [1.807, 2.05) is 6.92 Å². The molecule has 4 heteroatoms. The Morgan fingerprint density at radius 2 is 1.27 bits per heavy atom. The van der Waals surface area contributed by atoms with E-state index in [2.05, 4.69) is 13.5 Å². The Kier molecular flexibility index (Phi) is 13.7. The number of unbranched alkanes of at least 4 members (excludes halogenated alkanes) is 6. The van der Waals surface area contributed by atoms with Crippen LogP contribution in [-0.2, 0) is 19.1 Å². The lowest BCUT2D eigenvalue weighted by Crippen LogP contribution is -2.11. The van der Waals surface area contributed by atoms with Crippen molar-refractivity contribution in [3.05, 3.63) is 12.2 Å². The zero-order chi connectivity index (χ0) is 16.6. The van der Waals surface area contributed by atoms with Crippen LogP contribution in [-0.4, -0.2) is 25.2 Å². The molecule has 0 radical (unpaired) electrons. The summed E-state index contributed by atoms with van der Waals surface area (Å²) < 4.78 is 10.1. The monoisotopic (exact) mass is 312 g/mol. The van der Waals surface area contributed by atoms with Crippen LogP contribution in [0.4, 0.5) is 0 Å². The molecule has 0 N–H and O–H groups in total. The quantitative estimate of drug-likeness (QED) is 0.268. The highest BCUT2D eigenvalue weighted by Crippen LogP contribution is 2.07. The average Bonchev–Trinajstić information content (AvgIpc) is 2.47. The van der Waals surface area contributed by atoms with Gasteiger partial charge in [-0.2, -0.15) is 0 Å². The largest absolute Gasteiger partial charge is 0.466 e. The SMILES string of the molecule is C=C(C)CCOC(=O)CCC(=O)OCCCCCCCCC. The van der Waals surface area contributed by atoms with Crippen LogP contribution in [0.3, 0.4) is 0 Å². The zero-order valence-corrected chi connectivity index (χ0v) is 14.3. The molecular formula is C18H32O4. The molecule has 0 amide bonds. The summed E-state index contributed by atoms with van der Waals surface area (Å²) in [5.74, 6) is -0.669. The molecule has 4 nitrogen and oxygen atoms in total. The number of hydrogen-bond acceptors (Lipinski definition) is 4. The van der Waals surface area contributed by atoms with E-state index >= 15 is 0 Å². The molecule has 0 rings (SSSR count). The molecule has 0 atom stereocenters. The van der Waals surface area contributed by atoms with Crippen molar-refractivity contribution in [2.45, 2.75) is 78.1 Å². The van der Waals surface area contributed by atoms with Gasteiger partial charge in [0, 0.05) is 6.42 Å². The van der Waals surface area contributed by atoms with Gasteiger partial charge in [0.15, 0.2) is 0 Å². The molecule has 0 unspecified atom stereocenters. The first kappa shape index (κ1) is 20.7. The van der Waals surface area contributed by atoms with Gasteiger partial charge in [-0.15, -0.1) is 6.58 Å². The molecular weight excluding hydrogens is 280 g/mol. The van der Waals surface area contributed by atoms with E-state index in [0.717, 1.165) is 18.4 Å². The van der Waals surface area contributed by atoms with E-state index < -0.39 is 0 Å². The summed E-state index contributed by atoms with van der Waals surface area (Å²) in [5, 5.41) is 0. The number of carbonyl (C=O) groups is 2. The van der Waals surface area contributed by atoms with Crippen LogP contribution in [0.2, 0.25) is 0 Å². The summed E-state index contributed by atoms with van der Waals surface area (Å²) >= 11 is 0. The molecule has 0 aromatic heterocycles. The standard InChI is InChI=1S/C18H32O4/c1-4-5-6-7-8-9-10-14-21-17(19)11-12-18(20)22-15-13-16(2)3/h2,4-15H2,1,3H3. The van der Waals surface area contributed by atoms with Crippen molar-refractivity contribution in [2.24, 2.45) is 0 Å². The minimum atomic E-state index is -0.353. The normalized spacial score (nSPS) is 10.3. The Hall–Kier alpha value is -1.32. The predicted molar refractivity (Wildman–Crippen MR) is 88.6 cm³/mol. The second-order valence-electron chi connectivity index (χ2n) is 5.77. The fourth-order valence-corrected chi connectivity index (χ4v) is 1.93. The second kappa shape index (κ2) is 14.6. The summed E-state index contributed by atoms with van der Waals surface area (Å²) in [6, 6.07) is 0. The minimum Gasteiger partial charge on any atom is -0.466 e. The molecule has 0 saturated heterocycles. The Labute approximate surface area is 135 Å². The van der Waals surface area contributed by atoms with Crippen LogP contribution >= 0.6 is 0 Å². The molecule has 0 aromatic rings. The fraction of sp³-hybridized carbons (Fsp3) is 0.778. The lowest BCUT2D eigenvalue weighted by Gasteiger charge is -2.06. The van der Waals surface area contributed by atoms with Crippen molar-refractivity contribution in [3.8, 4) is 0 Å². The van der Waals surface area contributed by atoms with Gasteiger partial charge in [-0.25, -0.2) is 0 Å². The van der Waals surface area contributed by atoms with Crippen molar-refractivity contribution in [2.75, 3.05) is 13.2 Å². The van der Waals surface area contributed by atoms with Gasteiger partial charge in [0.1, 0.15) is 0 Å². The number of ether oxygens (including phenoxy) is 2. The van der Waals surface area contributed by atoms with E-state index in [0.29, 0.717) is 19.6 Å². The van der Waals surface area contributed by atoms with Crippen molar-refractivity contribution >= 4 is 11.9 Å². The summed E-state index contributed by atoms with van der Waals surface area (Å²) in [7, 11) is 0. The summed E-state index contributed by atoms with van der Waals surface area (Å²) in [5.41, 5.74) is 0.974. The van der Waals surface area contributed by atoms with Crippen LogP contribution in [0.1, 0.15) is 78.1 Å². The van der Waals surface area contributed by atoms with Crippen molar-refractivity contribution in [3.63, 3.8) is 0 Å². The molecule has 0 heterocycles. The Balaban J connectivity index is 3.38. The highest BCUT2D eigenvalue weighted by Gasteiger charge is 2.08. The third-order valence-corrected chi connectivity index (χ3v) is 3.34. The highest BCUT2D eigenvalue weighted by atomic mass is 16.5. The molecule has 22 heavy (non-hydrogen) atoms. The van der Waals surface area contributed by atoms with Gasteiger partial charge in [0.05, 0.1) is 26.1 Å². The third-order valence-electron chi connectivity index (χ3n) is 3.34. The Morgan fingerprint density at radius 1 is 0.773 bits per heavy atom. The molecule has 0 aliphatic heterocycles. The number of rotatable bonds is 14. The summed E-state index contributed by atoms with van der Waals surface area (Å²) in [6.07, 6.45) is 9.17. The lowest BCUT2D eigenvalue weighted by molar-refractivity contribution is -0.150. The zero-order valence-electron chi connectivity index (χ0n) is 14.3. The molecule has 0 spiro atoms. The van der Waals surface area contributed by atoms with Crippen LogP contribution in [0.25, 0.3) is 0 Å². The van der Waals surface area contributed by atoms with E-state index in [1.165, 1.54) is 32.1 Å². The first-order chi connectivity index (χ1) is 10.6. The predicted octanol–water partition coefficient (Wildman–Crippen LogP) is 4.57. The topological polar surface area (TPSA) is 52.6 Å². The first-order valence-corrected chi connectivity index (χ1v) is 8.52. The number of carbonyl (C=O) groups excluding carboxylic acids is 2. The maximum absolute atomic E-state index is 11.5. The van der Waals surface area contributed by atoms with Gasteiger partial charge in [0.25, 0.3) is 0 Å². The average molecular weight is 312 g/mol. The van der Waals surface area contributed by atoms with Crippen LogP contribution in [0, 0.1) is 0 Å². The van der Waals surface area contributed by atoms with Gasteiger partial charge >= 0.3 is 11.9 Å². The van der Waals surface area contributed by atoms with Crippen LogP contribution in [0.5, 0.6) is 0 Å². The Bertz CT molecular complexity index is 323. The molecule has 0 saturated carbocycles. The van der Waals surface area contributed by atoms with Crippen LogP contribution in [0.15, 0.2) is 12.2 Å². The van der Waals surface area contributed by atoms with E-state index in [4.69, 9.17) is 9.47 Å². The molecule has 0 bridgehead atoms. The van der Waals surface area contributed by atoms with Gasteiger partial charge in [-0.3, -0.25) is 9.59 Å². The van der Waals surface area contributed by atoms with E-state index in [9.17, 15) is 9.59 Å². The molecule has 0 aliphatic rings. The molecule has 0 aliphatic carbocycles. The summed E-state index contributed by atoms with van der Waals surface area (Å²) in [6.45, 7) is 8.61. The van der Waals surface area contributed by atoms with E-state index in [1.54, 1.807) is 0 Å². The highest BCUT2D eigenvalue weighted by molar-refractivity contribution is 5.77. The van der Waals surface area contributed by atoms with Gasteiger partial charge in [-0.05, 0) is 13.3 Å². The lowest BCUT2D eigenvalue weighted by atomic mass is 10.1. The molecule has 0 fully saturated rings. The molecule has 0 aromatic carbocycles. The maximum atomic E-state index is 11.5. The van der Waals surface area contributed by atoms with Crippen LogP contribution < -0.4 is 0 Å². The maximum Gasteiger partial charge on any atom is 0.306 e. The fourth-order valence-electron chi connectivity index (χ4n) is 1.93. The second-order valence-corrected chi connectivity index (χ2v) is 5.77. The van der Waals surface area contributed by atoms with Gasteiger partial charge in [0.2, 0.25) is 0 Å². The van der Waals surface area contributed by atoms with Gasteiger partial charge < -0.3 is 9.47 Å². The smallest absolute Gasteiger partial charge is 0.306 e. The van der Waals surface area contributed by atoms with Crippen molar-refractivity contribution in [1.29, 1.82) is 0 Å². The third kappa shape index (κ3) is 15.1. The number of esters is 2. The first-order valence-electron chi connectivity index (χ1n) is 8.52. The number of hydrogen-bond donors (Lipinski definition) is 0. The van der Waals surface area contributed by atoms with Crippen molar-refractivity contribution in [1.82, 2.24) is 0 Å². The Morgan fingerprint density at radius 3 is 1.82 bits per heavy atom.